The zero-order valence-corrected chi connectivity index (χ0v) is 15.7. The summed E-state index contributed by atoms with van der Waals surface area (Å²) >= 11 is 0. The van der Waals surface area contributed by atoms with E-state index in [1.54, 1.807) is 24.3 Å². The maximum Gasteiger partial charge on any atom is 0.240 e. The van der Waals surface area contributed by atoms with E-state index in [1.165, 1.54) is 32.7 Å². The van der Waals surface area contributed by atoms with Crippen molar-refractivity contribution in [1.82, 2.24) is 9.62 Å². The smallest absolute Gasteiger partial charge is 0.240 e. The second-order valence-corrected chi connectivity index (χ2v) is 9.08. The first kappa shape index (κ1) is 18.4. The molecule has 25 heavy (non-hydrogen) atoms. The third kappa shape index (κ3) is 4.23. The number of likely N-dealkylation sites (tertiary alicyclic amines) is 1. The van der Waals surface area contributed by atoms with Gasteiger partial charge in [-0.3, -0.25) is 4.79 Å². The molecule has 0 bridgehead atoms. The molecule has 3 rings (SSSR count). The van der Waals surface area contributed by atoms with Gasteiger partial charge in [0.2, 0.25) is 15.9 Å². The average Bonchev–Trinajstić information content (AvgIpc) is 2.66. The first-order valence-electron chi connectivity index (χ1n) is 9.33. The van der Waals surface area contributed by atoms with Crippen LogP contribution in [0.15, 0.2) is 29.2 Å². The van der Waals surface area contributed by atoms with Crippen molar-refractivity contribution in [2.75, 3.05) is 13.6 Å². The molecule has 0 radical (unpaired) electrons. The molecule has 1 heterocycles. The molecule has 1 saturated carbocycles. The molecule has 6 heteroatoms. The van der Waals surface area contributed by atoms with Gasteiger partial charge in [-0.1, -0.05) is 25.0 Å². The van der Waals surface area contributed by atoms with Crippen molar-refractivity contribution < 1.29 is 13.2 Å². The highest BCUT2D eigenvalue weighted by molar-refractivity contribution is 7.89. The summed E-state index contributed by atoms with van der Waals surface area (Å²) in [6, 6.07) is 7.26. The molecule has 2 aliphatic rings. The maximum atomic E-state index is 12.7. The zero-order chi connectivity index (χ0) is 17.9. The number of amides is 1. The van der Waals surface area contributed by atoms with Crippen LogP contribution in [0.5, 0.6) is 0 Å². The van der Waals surface area contributed by atoms with E-state index < -0.39 is 10.0 Å². The fraction of sp³-hybridized carbons (Fsp3) is 0.632. The number of hydrogen-bond acceptors (Lipinski definition) is 3. The van der Waals surface area contributed by atoms with Crippen molar-refractivity contribution in [2.45, 2.75) is 62.3 Å². The normalized spacial score (nSPS) is 24.0. The molecule has 2 atom stereocenters. The molecule has 2 fully saturated rings. The van der Waals surface area contributed by atoms with E-state index in [2.05, 4.69) is 9.62 Å². The molecule has 5 nitrogen and oxygen atoms in total. The molecule has 1 saturated heterocycles. The molecule has 1 aromatic rings. The lowest BCUT2D eigenvalue weighted by Crippen LogP contribution is -2.49. The van der Waals surface area contributed by atoms with E-state index in [9.17, 15) is 13.2 Å². The number of sulfonamides is 1. The van der Waals surface area contributed by atoms with Gasteiger partial charge in [0, 0.05) is 19.0 Å². The molecule has 1 aliphatic heterocycles. The Morgan fingerprint density at radius 3 is 2.52 bits per heavy atom. The quantitative estimate of drug-likeness (QED) is 0.873. The Bertz CT molecular complexity index is 698. The number of piperidine rings is 1. The zero-order valence-electron chi connectivity index (χ0n) is 14.9. The topological polar surface area (TPSA) is 66.5 Å². The van der Waals surface area contributed by atoms with Gasteiger partial charge < -0.3 is 4.90 Å². The number of nitrogens with one attached hydrogen (secondary N) is 1. The number of carbonyl (C=O) groups is 1. The Hall–Kier alpha value is -1.40. The van der Waals surface area contributed by atoms with Crippen LogP contribution in [0.2, 0.25) is 0 Å². The standard InChI is InChI=1S/C19H28N2O3S/c1-20-25(23,24)17-11-8-15(9-12-17)10-13-19(22)21-14-4-6-16-5-2-3-7-18(16)21/h8-9,11-12,16,18,20H,2-7,10,13-14H2,1H3. The highest BCUT2D eigenvalue weighted by Crippen LogP contribution is 2.35. The van der Waals surface area contributed by atoms with Crippen molar-refractivity contribution in [1.29, 1.82) is 0 Å². The molecule has 1 N–H and O–H groups in total. The van der Waals surface area contributed by atoms with Gasteiger partial charge >= 0.3 is 0 Å². The number of nitrogens with zero attached hydrogens (tertiary/aromatic N) is 1. The lowest BCUT2D eigenvalue weighted by Gasteiger charge is -2.44. The van der Waals surface area contributed by atoms with Crippen LogP contribution in [-0.4, -0.2) is 38.9 Å². The number of carbonyl (C=O) groups excluding carboxylic acids is 1. The second kappa shape index (κ2) is 7.87. The third-order valence-electron chi connectivity index (χ3n) is 5.69. The highest BCUT2D eigenvalue weighted by atomic mass is 32.2. The number of hydrogen-bond donors (Lipinski definition) is 1. The molecule has 0 spiro atoms. The van der Waals surface area contributed by atoms with E-state index in [0.717, 1.165) is 24.9 Å². The minimum Gasteiger partial charge on any atom is -0.339 e. The Morgan fingerprint density at radius 2 is 1.80 bits per heavy atom. The molecular weight excluding hydrogens is 336 g/mol. The van der Waals surface area contributed by atoms with E-state index in [1.807, 2.05) is 0 Å². The summed E-state index contributed by atoms with van der Waals surface area (Å²) in [6.07, 6.45) is 8.55. The molecule has 1 amide bonds. The highest BCUT2D eigenvalue weighted by Gasteiger charge is 2.35. The van der Waals surface area contributed by atoms with E-state index in [0.29, 0.717) is 24.8 Å². The van der Waals surface area contributed by atoms with Crippen molar-refractivity contribution in [3.05, 3.63) is 29.8 Å². The lowest BCUT2D eigenvalue weighted by atomic mass is 9.78. The Labute approximate surface area is 150 Å². The van der Waals surface area contributed by atoms with Crippen LogP contribution in [0.1, 0.15) is 50.5 Å². The van der Waals surface area contributed by atoms with Gasteiger partial charge in [0.25, 0.3) is 0 Å². The van der Waals surface area contributed by atoms with Crippen molar-refractivity contribution >= 4 is 15.9 Å². The summed E-state index contributed by atoms with van der Waals surface area (Å²) in [7, 11) is -2.00. The van der Waals surface area contributed by atoms with Crippen LogP contribution in [0.25, 0.3) is 0 Å². The minimum atomic E-state index is -3.40. The number of rotatable bonds is 5. The Kier molecular flexibility index (Phi) is 5.79. The van der Waals surface area contributed by atoms with Crippen LogP contribution < -0.4 is 4.72 Å². The summed E-state index contributed by atoms with van der Waals surface area (Å²) in [6.45, 7) is 0.902. The van der Waals surface area contributed by atoms with Crippen LogP contribution in [0.3, 0.4) is 0 Å². The largest absolute Gasteiger partial charge is 0.339 e. The Morgan fingerprint density at radius 1 is 1.12 bits per heavy atom. The third-order valence-corrected chi connectivity index (χ3v) is 7.12. The molecule has 0 aromatic heterocycles. The lowest BCUT2D eigenvalue weighted by molar-refractivity contribution is -0.137. The van der Waals surface area contributed by atoms with Gasteiger partial charge in [0.15, 0.2) is 0 Å². The van der Waals surface area contributed by atoms with Crippen LogP contribution in [-0.2, 0) is 21.2 Å². The number of benzene rings is 1. The van der Waals surface area contributed by atoms with E-state index in [-0.39, 0.29) is 10.8 Å². The summed E-state index contributed by atoms with van der Waals surface area (Å²) in [5.74, 6) is 0.959. The maximum absolute atomic E-state index is 12.7. The predicted octanol–water partition coefficient (Wildman–Crippen LogP) is 2.71. The first-order valence-corrected chi connectivity index (χ1v) is 10.8. The molecular formula is C19H28N2O3S. The van der Waals surface area contributed by atoms with Crippen molar-refractivity contribution in [3.63, 3.8) is 0 Å². The summed E-state index contributed by atoms with van der Waals surface area (Å²) in [4.78, 5) is 15.1. The molecule has 1 aliphatic carbocycles. The van der Waals surface area contributed by atoms with Gasteiger partial charge in [0.05, 0.1) is 4.90 Å². The second-order valence-electron chi connectivity index (χ2n) is 7.19. The molecule has 138 valence electrons. The van der Waals surface area contributed by atoms with Crippen molar-refractivity contribution in [3.8, 4) is 0 Å². The number of fused-ring (bicyclic) bond motifs is 1. The van der Waals surface area contributed by atoms with E-state index in [4.69, 9.17) is 0 Å². The van der Waals surface area contributed by atoms with Gasteiger partial charge in [-0.25, -0.2) is 13.1 Å². The predicted molar refractivity (Wildman–Crippen MR) is 97.7 cm³/mol. The summed E-state index contributed by atoms with van der Waals surface area (Å²) < 4.78 is 25.8. The minimum absolute atomic E-state index is 0.253. The first-order chi connectivity index (χ1) is 12.0. The SMILES string of the molecule is CNS(=O)(=O)c1ccc(CCC(=O)N2CCCC3CCCCC32)cc1. The van der Waals surface area contributed by atoms with E-state index >= 15 is 0 Å². The van der Waals surface area contributed by atoms with Gasteiger partial charge in [-0.05, 0) is 62.8 Å². The van der Waals surface area contributed by atoms with Gasteiger partial charge in [-0.15, -0.1) is 0 Å². The van der Waals surface area contributed by atoms with Gasteiger partial charge in [-0.2, -0.15) is 0 Å². The fourth-order valence-corrected chi connectivity index (χ4v) is 5.01. The van der Waals surface area contributed by atoms with Crippen LogP contribution in [0.4, 0.5) is 0 Å². The average molecular weight is 365 g/mol. The summed E-state index contributed by atoms with van der Waals surface area (Å²) in [5, 5.41) is 0. The van der Waals surface area contributed by atoms with Crippen LogP contribution >= 0.6 is 0 Å². The van der Waals surface area contributed by atoms with Crippen LogP contribution in [0, 0.1) is 5.92 Å². The Balaban J connectivity index is 1.58. The fourth-order valence-electron chi connectivity index (χ4n) is 4.28. The molecule has 2 unspecified atom stereocenters. The summed E-state index contributed by atoms with van der Waals surface area (Å²) in [5.41, 5.74) is 1.00. The monoisotopic (exact) mass is 364 g/mol. The number of aryl methyl sites for hydroxylation is 1. The van der Waals surface area contributed by atoms with Gasteiger partial charge in [0.1, 0.15) is 0 Å². The van der Waals surface area contributed by atoms with Crippen molar-refractivity contribution in [2.24, 2.45) is 5.92 Å². The molecule has 1 aromatic carbocycles.